The molecule has 0 radical (unpaired) electrons. The third-order valence-corrected chi connectivity index (χ3v) is 2.81. The van der Waals surface area contributed by atoms with Crippen molar-refractivity contribution in [2.24, 2.45) is 0 Å². The molecule has 1 saturated heterocycles. The summed E-state index contributed by atoms with van der Waals surface area (Å²) >= 11 is 0. The quantitative estimate of drug-likeness (QED) is 0.690. The number of hydrogen-bond donors (Lipinski definition) is 3. The van der Waals surface area contributed by atoms with Crippen LogP contribution in [0.1, 0.15) is 12.8 Å². The number of carbonyl (C=O) groups is 1. The lowest BCUT2D eigenvalue weighted by molar-refractivity contribution is 0.210. The standard InChI is InChI=1S/C11H14FN3O2/c12-7-5-8(13)9(14-11(16)17)6-10(7)15-3-1-2-4-15/h5-6,14H,1-4,13H2,(H,16,17). The van der Waals surface area contributed by atoms with E-state index < -0.39 is 11.9 Å². The topological polar surface area (TPSA) is 78.6 Å². The van der Waals surface area contributed by atoms with Gasteiger partial charge in [-0.2, -0.15) is 0 Å². The van der Waals surface area contributed by atoms with E-state index in [0.717, 1.165) is 32.0 Å². The highest BCUT2D eigenvalue weighted by atomic mass is 19.1. The minimum atomic E-state index is -1.21. The lowest BCUT2D eigenvalue weighted by atomic mass is 10.2. The number of nitrogen functional groups attached to an aromatic ring is 1. The van der Waals surface area contributed by atoms with Crippen molar-refractivity contribution >= 4 is 23.2 Å². The van der Waals surface area contributed by atoms with Crippen molar-refractivity contribution in [3.8, 4) is 0 Å². The molecule has 1 heterocycles. The number of nitrogens with one attached hydrogen (secondary N) is 1. The van der Waals surface area contributed by atoms with Gasteiger partial charge >= 0.3 is 6.09 Å². The molecular formula is C11H14FN3O2. The van der Waals surface area contributed by atoms with Crippen LogP contribution >= 0.6 is 0 Å². The molecule has 0 saturated carbocycles. The van der Waals surface area contributed by atoms with Crippen molar-refractivity contribution in [2.45, 2.75) is 12.8 Å². The normalized spacial score (nSPS) is 15.0. The lowest BCUT2D eigenvalue weighted by Gasteiger charge is -2.20. The minimum Gasteiger partial charge on any atom is -0.465 e. The minimum absolute atomic E-state index is 0.0906. The monoisotopic (exact) mass is 239 g/mol. The maximum Gasteiger partial charge on any atom is 0.409 e. The van der Waals surface area contributed by atoms with E-state index >= 15 is 0 Å². The Morgan fingerprint density at radius 2 is 2.06 bits per heavy atom. The zero-order chi connectivity index (χ0) is 12.4. The fourth-order valence-corrected chi connectivity index (χ4v) is 2.00. The van der Waals surface area contributed by atoms with Crippen molar-refractivity contribution < 1.29 is 14.3 Å². The molecule has 1 aromatic carbocycles. The summed E-state index contributed by atoms with van der Waals surface area (Å²) in [6.45, 7) is 1.57. The third kappa shape index (κ3) is 2.41. The number of nitrogens with zero attached hydrogens (tertiary/aromatic N) is 1. The maximum absolute atomic E-state index is 13.7. The summed E-state index contributed by atoms with van der Waals surface area (Å²) < 4.78 is 13.7. The van der Waals surface area contributed by atoms with Crippen LogP contribution in [0.15, 0.2) is 12.1 Å². The Hall–Kier alpha value is -1.98. The predicted octanol–water partition coefficient (Wildman–Crippen LogP) is 2.10. The van der Waals surface area contributed by atoms with Gasteiger partial charge in [0.2, 0.25) is 0 Å². The molecule has 5 nitrogen and oxygen atoms in total. The Balaban J connectivity index is 2.34. The molecule has 0 aromatic heterocycles. The van der Waals surface area contributed by atoms with E-state index in [2.05, 4.69) is 5.32 Å². The number of benzene rings is 1. The fourth-order valence-electron chi connectivity index (χ4n) is 2.00. The van der Waals surface area contributed by atoms with Gasteiger partial charge in [0.05, 0.1) is 17.1 Å². The number of hydrogen-bond acceptors (Lipinski definition) is 3. The van der Waals surface area contributed by atoms with Crippen LogP contribution in [-0.4, -0.2) is 24.3 Å². The number of rotatable bonds is 2. The zero-order valence-corrected chi connectivity index (χ0v) is 9.24. The first-order valence-corrected chi connectivity index (χ1v) is 5.42. The van der Waals surface area contributed by atoms with Gasteiger partial charge in [-0.25, -0.2) is 9.18 Å². The second-order valence-electron chi connectivity index (χ2n) is 4.02. The Morgan fingerprint density at radius 1 is 1.41 bits per heavy atom. The number of amides is 1. The van der Waals surface area contributed by atoms with Gasteiger partial charge in [0.15, 0.2) is 0 Å². The first-order chi connectivity index (χ1) is 8.08. The van der Waals surface area contributed by atoms with Gasteiger partial charge in [0, 0.05) is 19.2 Å². The molecule has 0 aliphatic carbocycles. The van der Waals surface area contributed by atoms with Gasteiger partial charge in [-0.3, -0.25) is 5.32 Å². The highest BCUT2D eigenvalue weighted by Gasteiger charge is 2.18. The van der Waals surface area contributed by atoms with Gasteiger partial charge in [0.25, 0.3) is 0 Å². The van der Waals surface area contributed by atoms with E-state index in [1.54, 1.807) is 0 Å². The highest BCUT2D eigenvalue weighted by Crippen LogP contribution is 2.31. The van der Waals surface area contributed by atoms with Crippen LogP contribution in [-0.2, 0) is 0 Å². The van der Waals surface area contributed by atoms with E-state index in [0.29, 0.717) is 5.69 Å². The van der Waals surface area contributed by atoms with Crippen molar-refractivity contribution in [2.75, 3.05) is 29.0 Å². The molecule has 92 valence electrons. The Bertz CT molecular complexity index is 445. The zero-order valence-electron chi connectivity index (χ0n) is 9.24. The smallest absolute Gasteiger partial charge is 0.409 e. The fraction of sp³-hybridized carbons (Fsp3) is 0.364. The van der Waals surface area contributed by atoms with E-state index in [-0.39, 0.29) is 11.4 Å². The first kappa shape index (κ1) is 11.5. The number of carboxylic acid groups (broad SMARTS) is 1. The molecule has 1 aliphatic rings. The van der Waals surface area contributed by atoms with Crippen LogP contribution in [0, 0.1) is 5.82 Å². The van der Waals surface area contributed by atoms with Gasteiger partial charge < -0.3 is 15.7 Å². The van der Waals surface area contributed by atoms with Gasteiger partial charge in [0.1, 0.15) is 5.82 Å². The number of halogens is 1. The molecule has 1 aromatic rings. The summed E-state index contributed by atoms with van der Waals surface area (Å²) in [5.41, 5.74) is 6.27. The van der Waals surface area contributed by atoms with Crippen molar-refractivity contribution in [3.63, 3.8) is 0 Å². The average molecular weight is 239 g/mol. The van der Waals surface area contributed by atoms with Crippen LogP contribution in [0.5, 0.6) is 0 Å². The van der Waals surface area contributed by atoms with Crippen LogP contribution in [0.25, 0.3) is 0 Å². The SMILES string of the molecule is Nc1cc(F)c(N2CCCC2)cc1NC(=O)O. The highest BCUT2D eigenvalue weighted by molar-refractivity contribution is 5.89. The van der Waals surface area contributed by atoms with E-state index in [9.17, 15) is 9.18 Å². The lowest BCUT2D eigenvalue weighted by Crippen LogP contribution is -2.20. The summed E-state index contributed by atoms with van der Waals surface area (Å²) in [4.78, 5) is 12.5. The Kier molecular flexibility index (Phi) is 3.03. The Morgan fingerprint density at radius 3 is 2.65 bits per heavy atom. The van der Waals surface area contributed by atoms with E-state index in [1.165, 1.54) is 6.07 Å². The van der Waals surface area contributed by atoms with Crippen molar-refractivity contribution in [1.29, 1.82) is 0 Å². The third-order valence-electron chi connectivity index (χ3n) is 2.81. The number of nitrogens with two attached hydrogens (primary N) is 1. The predicted molar refractivity (Wildman–Crippen MR) is 63.9 cm³/mol. The summed E-state index contributed by atoms with van der Waals surface area (Å²) in [6.07, 6.45) is 0.826. The summed E-state index contributed by atoms with van der Waals surface area (Å²) in [6, 6.07) is 2.60. The van der Waals surface area contributed by atoms with Crippen molar-refractivity contribution in [1.82, 2.24) is 0 Å². The average Bonchev–Trinajstić information content (AvgIpc) is 2.74. The molecule has 1 fully saturated rings. The Labute approximate surface area is 98.0 Å². The van der Waals surface area contributed by atoms with Crippen LogP contribution < -0.4 is 16.0 Å². The molecule has 17 heavy (non-hydrogen) atoms. The van der Waals surface area contributed by atoms with E-state index in [4.69, 9.17) is 10.8 Å². The van der Waals surface area contributed by atoms with Crippen LogP contribution in [0.3, 0.4) is 0 Å². The molecule has 0 spiro atoms. The molecule has 1 aliphatic heterocycles. The van der Waals surface area contributed by atoms with Crippen LogP contribution in [0.4, 0.5) is 26.2 Å². The van der Waals surface area contributed by atoms with Gasteiger partial charge in [-0.05, 0) is 18.9 Å². The summed E-state index contributed by atoms with van der Waals surface area (Å²) in [7, 11) is 0. The molecule has 0 atom stereocenters. The molecular weight excluding hydrogens is 225 g/mol. The molecule has 0 unspecified atom stereocenters. The summed E-state index contributed by atoms with van der Waals surface area (Å²) in [5.74, 6) is -0.416. The van der Waals surface area contributed by atoms with E-state index in [1.807, 2.05) is 4.90 Å². The van der Waals surface area contributed by atoms with Crippen molar-refractivity contribution in [3.05, 3.63) is 17.9 Å². The second kappa shape index (κ2) is 4.48. The van der Waals surface area contributed by atoms with Gasteiger partial charge in [-0.1, -0.05) is 0 Å². The largest absolute Gasteiger partial charge is 0.465 e. The van der Waals surface area contributed by atoms with Gasteiger partial charge in [-0.15, -0.1) is 0 Å². The van der Waals surface area contributed by atoms with Crippen LogP contribution in [0.2, 0.25) is 0 Å². The molecule has 1 amide bonds. The second-order valence-corrected chi connectivity index (χ2v) is 4.02. The summed E-state index contributed by atoms with van der Waals surface area (Å²) in [5, 5.41) is 10.8. The molecule has 2 rings (SSSR count). The number of anilines is 3. The molecule has 0 bridgehead atoms. The molecule has 4 N–H and O–H groups in total. The maximum atomic E-state index is 13.7. The first-order valence-electron chi connectivity index (χ1n) is 5.42. The molecule has 6 heteroatoms.